The molecule has 4 rings (SSSR count). The van der Waals surface area contributed by atoms with Crippen molar-refractivity contribution in [2.24, 2.45) is 17.8 Å². The minimum atomic E-state index is 0.514. The van der Waals surface area contributed by atoms with Crippen LogP contribution in [0.15, 0.2) is 36.4 Å². The first-order valence-electron chi connectivity index (χ1n) is 12.6. The molecule has 1 aromatic heterocycles. The molecule has 0 saturated carbocycles. The molecule has 0 aliphatic carbocycles. The molecule has 34 heavy (non-hydrogen) atoms. The van der Waals surface area contributed by atoms with Gasteiger partial charge >= 0.3 is 0 Å². The molecule has 3 heterocycles. The number of rotatable bonds is 6. The number of thiocarbonyl (C=S) groups is 1. The molecule has 0 unspecified atom stereocenters. The fourth-order valence-electron chi connectivity index (χ4n) is 4.93. The third-order valence-electron chi connectivity index (χ3n) is 6.51. The highest BCUT2D eigenvalue weighted by molar-refractivity contribution is 7.80. The van der Waals surface area contributed by atoms with Crippen molar-refractivity contribution < 1.29 is 0 Å². The van der Waals surface area contributed by atoms with Crippen LogP contribution in [-0.2, 0) is 0 Å². The van der Waals surface area contributed by atoms with Crippen LogP contribution in [-0.4, -0.2) is 60.9 Å². The lowest BCUT2D eigenvalue weighted by Crippen LogP contribution is -2.47. The summed E-state index contributed by atoms with van der Waals surface area (Å²) < 4.78 is 0. The Bertz CT molecular complexity index is 933. The number of piperidine rings is 1. The summed E-state index contributed by atoms with van der Waals surface area (Å²) in [5, 5.41) is 7.10. The van der Waals surface area contributed by atoms with Crippen molar-refractivity contribution in [2.75, 3.05) is 65.8 Å². The lowest BCUT2D eigenvalue weighted by Gasteiger charge is -2.38. The predicted molar refractivity (Wildman–Crippen MR) is 147 cm³/mol. The lowest BCUT2D eigenvalue weighted by molar-refractivity contribution is 0.355. The average Bonchev–Trinajstić information content (AvgIpc) is 2.82. The zero-order valence-electron chi connectivity index (χ0n) is 21.0. The molecule has 0 amide bonds. The third kappa shape index (κ3) is 6.50. The van der Waals surface area contributed by atoms with Crippen molar-refractivity contribution in [1.29, 1.82) is 0 Å². The number of hydrogen-bond acceptors (Lipinski definition) is 6. The second-order valence-electron chi connectivity index (χ2n) is 10.3. The van der Waals surface area contributed by atoms with Gasteiger partial charge in [0, 0.05) is 57.6 Å². The summed E-state index contributed by atoms with van der Waals surface area (Å²) in [6.07, 6.45) is 1.27. The van der Waals surface area contributed by atoms with Crippen molar-refractivity contribution in [2.45, 2.75) is 34.1 Å². The van der Waals surface area contributed by atoms with Crippen LogP contribution in [0.4, 0.5) is 23.3 Å². The van der Waals surface area contributed by atoms with Gasteiger partial charge in [-0.3, -0.25) is 0 Å². The fraction of sp³-hybridized carbons (Fsp3) is 0.577. The van der Waals surface area contributed by atoms with E-state index in [-0.39, 0.29) is 0 Å². The lowest BCUT2D eigenvalue weighted by atomic mass is 9.92. The molecule has 2 aliphatic rings. The summed E-state index contributed by atoms with van der Waals surface area (Å²) >= 11 is 5.52. The maximum Gasteiger partial charge on any atom is 0.232 e. The van der Waals surface area contributed by atoms with Crippen LogP contribution in [0.2, 0.25) is 0 Å². The highest BCUT2D eigenvalue weighted by Crippen LogP contribution is 2.29. The highest BCUT2D eigenvalue weighted by atomic mass is 32.1. The van der Waals surface area contributed by atoms with E-state index >= 15 is 0 Å². The van der Waals surface area contributed by atoms with Gasteiger partial charge in [0.15, 0.2) is 5.11 Å². The molecule has 2 aliphatic heterocycles. The molecule has 2 aromatic rings. The Hall–Kier alpha value is -2.61. The van der Waals surface area contributed by atoms with Crippen molar-refractivity contribution >= 4 is 40.6 Å². The number of hydrogen-bond donors (Lipinski definition) is 2. The molecule has 2 atom stereocenters. The van der Waals surface area contributed by atoms with Gasteiger partial charge in [-0.05, 0) is 48.5 Å². The largest absolute Gasteiger partial charge is 0.368 e. The summed E-state index contributed by atoms with van der Waals surface area (Å²) in [6, 6.07) is 12.8. The smallest absolute Gasteiger partial charge is 0.232 e. The number of benzene rings is 1. The van der Waals surface area contributed by atoms with Gasteiger partial charge in [-0.2, -0.15) is 9.97 Å². The van der Waals surface area contributed by atoms with Gasteiger partial charge in [0.25, 0.3) is 0 Å². The molecule has 1 aromatic carbocycles. The molecule has 0 radical (unpaired) electrons. The van der Waals surface area contributed by atoms with E-state index in [1.807, 2.05) is 0 Å². The molecule has 8 heteroatoms. The van der Waals surface area contributed by atoms with E-state index in [1.165, 1.54) is 12.1 Å². The van der Waals surface area contributed by atoms with E-state index in [2.05, 4.69) is 89.4 Å². The molecule has 184 valence electrons. The third-order valence-corrected chi connectivity index (χ3v) is 6.76. The minimum Gasteiger partial charge on any atom is -0.368 e. The maximum absolute atomic E-state index is 5.52. The van der Waals surface area contributed by atoms with Crippen LogP contribution in [0.1, 0.15) is 34.1 Å². The van der Waals surface area contributed by atoms with Crippen LogP contribution in [0.3, 0.4) is 0 Å². The number of para-hydroxylation sites is 1. The van der Waals surface area contributed by atoms with Crippen LogP contribution in [0, 0.1) is 17.8 Å². The number of nitrogens with one attached hydrogen (secondary N) is 2. The normalized spacial score (nSPS) is 21.0. The number of piperazine rings is 1. The van der Waals surface area contributed by atoms with Crippen LogP contribution < -0.4 is 25.3 Å². The van der Waals surface area contributed by atoms with Gasteiger partial charge in [-0.1, -0.05) is 45.9 Å². The summed E-state index contributed by atoms with van der Waals surface area (Å²) in [4.78, 5) is 17.0. The average molecular weight is 482 g/mol. The van der Waals surface area contributed by atoms with Gasteiger partial charge in [0.2, 0.25) is 5.95 Å². The summed E-state index contributed by atoms with van der Waals surface area (Å²) in [6.45, 7) is 15.7. The fourth-order valence-corrected chi connectivity index (χ4v) is 5.10. The monoisotopic (exact) mass is 481 g/mol. The Kier molecular flexibility index (Phi) is 8.08. The van der Waals surface area contributed by atoms with Crippen LogP contribution >= 0.6 is 12.2 Å². The van der Waals surface area contributed by atoms with E-state index in [0.29, 0.717) is 28.8 Å². The SMILES string of the molecule is CC(C)CNC(=S)Nc1nc(N2CCN(c3ccccc3)CC2)cc(N2C[C@H](C)C[C@@H](C)C2)n1. The van der Waals surface area contributed by atoms with Crippen molar-refractivity contribution in [1.82, 2.24) is 15.3 Å². The Morgan fingerprint density at radius 3 is 2.15 bits per heavy atom. The first-order valence-corrected chi connectivity index (χ1v) is 13.0. The van der Waals surface area contributed by atoms with Crippen molar-refractivity contribution in [3.05, 3.63) is 36.4 Å². The topological polar surface area (TPSA) is 59.6 Å². The minimum absolute atomic E-state index is 0.514. The molecule has 0 bridgehead atoms. The van der Waals surface area contributed by atoms with Gasteiger partial charge < -0.3 is 25.3 Å². The van der Waals surface area contributed by atoms with Gasteiger partial charge in [-0.25, -0.2) is 0 Å². The first kappa shape index (κ1) is 24.5. The van der Waals surface area contributed by atoms with E-state index in [1.54, 1.807) is 0 Å². The zero-order chi connectivity index (χ0) is 24.1. The van der Waals surface area contributed by atoms with Gasteiger partial charge in [0.05, 0.1) is 0 Å². The number of nitrogens with zero attached hydrogens (tertiary/aromatic N) is 5. The van der Waals surface area contributed by atoms with Gasteiger partial charge in [0.1, 0.15) is 11.6 Å². The highest BCUT2D eigenvalue weighted by Gasteiger charge is 2.25. The molecule has 0 spiro atoms. The molecular formula is C26H39N7S. The van der Waals surface area contributed by atoms with Crippen LogP contribution in [0.25, 0.3) is 0 Å². The Labute approximate surface area is 209 Å². The molecular weight excluding hydrogens is 442 g/mol. The maximum atomic E-state index is 5.52. The number of anilines is 4. The van der Waals surface area contributed by atoms with E-state index < -0.39 is 0 Å². The summed E-state index contributed by atoms with van der Waals surface area (Å²) in [7, 11) is 0. The second-order valence-corrected chi connectivity index (χ2v) is 10.7. The molecule has 2 fully saturated rings. The van der Waals surface area contributed by atoms with E-state index in [4.69, 9.17) is 22.2 Å². The predicted octanol–water partition coefficient (Wildman–Crippen LogP) is 4.23. The molecule has 2 N–H and O–H groups in total. The summed E-state index contributed by atoms with van der Waals surface area (Å²) in [5.41, 5.74) is 1.28. The molecule has 2 saturated heterocycles. The van der Waals surface area contributed by atoms with Crippen LogP contribution in [0.5, 0.6) is 0 Å². The van der Waals surface area contributed by atoms with Gasteiger partial charge in [-0.15, -0.1) is 0 Å². The summed E-state index contributed by atoms with van der Waals surface area (Å²) in [5.74, 6) is 4.36. The van der Waals surface area contributed by atoms with Crippen molar-refractivity contribution in [3.63, 3.8) is 0 Å². The van der Waals surface area contributed by atoms with Crippen molar-refractivity contribution in [3.8, 4) is 0 Å². The second kappa shape index (κ2) is 11.2. The Balaban J connectivity index is 1.52. The van der Waals surface area contributed by atoms with E-state index in [0.717, 1.165) is 57.4 Å². The van der Waals surface area contributed by atoms with E-state index in [9.17, 15) is 0 Å². The number of aromatic nitrogens is 2. The first-order chi connectivity index (χ1) is 16.4. The quantitative estimate of drug-likeness (QED) is 0.595. The Morgan fingerprint density at radius 2 is 1.53 bits per heavy atom. The molecule has 7 nitrogen and oxygen atoms in total. The Morgan fingerprint density at radius 1 is 0.941 bits per heavy atom. The zero-order valence-corrected chi connectivity index (χ0v) is 21.8. The standard InChI is InChI=1S/C26H39N7S/c1-19(2)16-27-26(34)30-25-28-23(15-24(29-25)33-17-20(3)14-21(4)18-33)32-12-10-31(11-13-32)22-8-6-5-7-9-22/h5-9,15,19-21H,10-14,16-18H2,1-4H3,(H2,27,28,29,30,34)/t20-,21-/m1/s1.